The van der Waals surface area contributed by atoms with Crippen LogP contribution in [0.2, 0.25) is 0 Å². The Hall–Kier alpha value is -1.98. The molecule has 5 nitrogen and oxygen atoms in total. The van der Waals surface area contributed by atoms with E-state index in [1.165, 1.54) is 12.1 Å². The number of carbonyl (C=O) groups is 1. The summed E-state index contributed by atoms with van der Waals surface area (Å²) in [6.45, 7) is 6.18. The van der Waals surface area contributed by atoms with Gasteiger partial charge in [0, 0.05) is 18.2 Å². The van der Waals surface area contributed by atoms with E-state index in [4.69, 9.17) is 10.5 Å². The number of nitrogens with two attached hydrogens (primary N) is 1. The smallest absolute Gasteiger partial charge is 0.239 e. The van der Waals surface area contributed by atoms with Gasteiger partial charge in [0.05, 0.1) is 24.5 Å². The van der Waals surface area contributed by atoms with E-state index in [0.717, 1.165) is 6.42 Å². The molecule has 0 saturated heterocycles. The van der Waals surface area contributed by atoms with Crippen molar-refractivity contribution in [3.8, 4) is 5.75 Å². The van der Waals surface area contributed by atoms with Crippen LogP contribution < -0.4 is 21.1 Å². The van der Waals surface area contributed by atoms with Crippen molar-refractivity contribution in [2.45, 2.75) is 33.2 Å². The van der Waals surface area contributed by atoms with E-state index in [2.05, 4.69) is 10.6 Å². The lowest BCUT2D eigenvalue weighted by Gasteiger charge is -2.14. The van der Waals surface area contributed by atoms with E-state index in [1.54, 1.807) is 0 Å². The summed E-state index contributed by atoms with van der Waals surface area (Å²) >= 11 is 0. The van der Waals surface area contributed by atoms with Crippen LogP contribution in [0.4, 0.5) is 15.8 Å². The number of amides is 1. The monoisotopic (exact) mass is 283 g/mol. The van der Waals surface area contributed by atoms with Gasteiger partial charge in [0.2, 0.25) is 5.91 Å². The first-order valence-electron chi connectivity index (χ1n) is 6.69. The number of carbonyl (C=O) groups excluding carboxylic acids is 1. The fraction of sp³-hybridized carbons (Fsp3) is 0.500. The lowest BCUT2D eigenvalue weighted by Crippen LogP contribution is -2.34. The normalized spacial score (nSPS) is 10.4. The van der Waals surface area contributed by atoms with E-state index < -0.39 is 5.82 Å². The summed E-state index contributed by atoms with van der Waals surface area (Å²) in [6, 6.07) is 2.73. The zero-order valence-corrected chi connectivity index (χ0v) is 12.1. The Kier molecular flexibility index (Phi) is 6.09. The third-order valence-electron chi connectivity index (χ3n) is 2.45. The zero-order chi connectivity index (χ0) is 15.1. The number of benzene rings is 1. The van der Waals surface area contributed by atoms with E-state index in [-0.39, 0.29) is 29.9 Å². The molecule has 0 aromatic heterocycles. The van der Waals surface area contributed by atoms with Crippen molar-refractivity contribution in [2.24, 2.45) is 0 Å². The average molecular weight is 283 g/mol. The van der Waals surface area contributed by atoms with Crippen molar-refractivity contribution in [1.82, 2.24) is 5.32 Å². The average Bonchev–Trinajstić information content (AvgIpc) is 2.35. The number of halogens is 1. The predicted molar refractivity (Wildman–Crippen MR) is 78.4 cm³/mol. The van der Waals surface area contributed by atoms with Crippen LogP contribution in [0, 0.1) is 5.82 Å². The molecule has 0 saturated carbocycles. The molecule has 0 aliphatic rings. The summed E-state index contributed by atoms with van der Waals surface area (Å²) in [6.07, 6.45) is 0.781. The molecule has 112 valence electrons. The van der Waals surface area contributed by atoms with Crippen LogP contribution in [-0.4, -0.2) is 25.1 Å². The molecule has 0 aliphatic heterocycles. The van der Waals surface area contributed by atoms with Gasteiger partial charge in [-0.15, -0.1) is 0 Å². The van der Waals surface area contributed by atoms with E-state index >= 15 is 0 Å². The second kappa shape index (κ2) is 7.57. The molecule has 0 bridgehead atoms. The highest BCUT2D eigenvalue weighted by Gasteiger charge is 2.10. The van der Waals surface area contributed by atoms with Crippen LogP contribution in [0.1, 0.15) is 27.2 Å². The number of ether oxygens (including phenoxy) is 1. The molecule has 1 rings (SSSR count). The first-order chi connectivity index (χ1) is 9.43. The second-order valence-corrected chi connectivity index (χ2v) is 4.79. The lowest BCUT2D eigenvalue weighted by molar-refractivity contribution is -0.119. The molecule has 1 amide bonds. The Morgan fingerprint density at radius 3 is 2.75 bits per heavy atom. The topological polar surface area (TPSA) is 76.4 Å². The van der Waals surface area contributed by atoms with Crippen LogP contribution in [0.15, 0.2) is 12.1 Å². The van der Waals surface area contributed by atoms with Crippen LogP contribution in [0.25, 0.3) is 0 Å². The van der Waals surface area contributed by atoms with Gasteiger partial charge in [0.25, 0.3) is 0 Å². The molecule has 4 N–H and O–H groups in total. The van der Waals surface area contributed by atoms with Crippen LogP contribution in [0.5, 0.6) is 5.75 Å². The molecule has 0 spiro atoms. The summed E-state index contributed by atoms with van der Waals surface area (Å²) in [5.74, 6) is -0.527. The first-order valence-corrected chi connectivity index (χ1v) is 6.69. The van der Waals surface area contributed by atoms with Gasteiger partial charge < -0.3 is 21.1 Å². The molecule has 0 fully saturated rings. The van der Waals surface area contributed by atoms with Crippen molar-refractivity contribution in [3.05, 3.63) is 17.9 Å². The lowest BCUT2D eigenvalue weighted by atomic mass is 10.2. The molecule has 1 aromatic rings. The fourth-order valence-electron chi connectivity index (χ4n) is 1.59. The minimum Gasteiger partial charge on any atom is -0.490 e. The Labute approximate surface area is 118 Å². The standard InChI is InChI=1S/C14H22FN3O2/c1-4-5-20-13-7-12(11(16)6-10(13)15)17-8-14(19)18-9(2)3/h6-7,9,17H,4-5,8,16H2,1-3H3,(H,18,19). The number of nitrogens with one attached hydrogen (secondary N) is 2. The summed E-state index contributed by atoms with van der Waals surface area (Å²) in [4.78, 5) is 11.5. The molecule has 0 heterocycles. The highest BCUT2D eigenvalue weighted by atomic mass is 19.1. The van der Waals surface area contributed by atoms with Gasteiger partial charge in [-0.1, -0.05) is 6.92 Å². The van der Waals surface area contributed by atoms with Crippen LogP contribution >= 0.6 is 0 Å². The van der Waals surface area contributed by atoms with Crippen molar-refractivity contribution in [1.29, 1.82) is 0 Å². The summed E-state index contributed by atoms with van der Waals surface area (Å²) in [5.41, 5.74) is 6.44. The molecular weight excluding hydrogens is 261 g/mol. The van der Waals surface area contributed by atoms with Gasteiger partial charge in [0.15, 0.2) is 11.6 Å². The molecule has 0 aliphatic carbocycles. The van der Waals surface area contributed by atoms with Gasteiger partial charge >= 0.3 is 0 Å². The molecule has 20 heavy (non-hydrogen) atoms. The van der Waals surface area contributed by atoms with Gasteiger partial charge in [-0.3, -0.25) is 4.79 Å². The van der Waals surface area contributed by atoms with E-state index in [9.17, 15) is 9.18 Å². The van der Waals surface area contributed by atoms with Crippen LogP contribution in [0.3, 0.4) is 0 Å². The number of hydrogen-bond acceptors (Lipinski definition) is 4. The Bertz CT molecular complexity index is 464. The maximum atomic E-state index is 13.6. The van der Waals surface area contributed by atoms with E-state index in [1.807, 2.05) is 20.8 Å². The zero-order valence-electron chi connectivity index (χ0n) is 12.1. The number of anilines is 2. The molecule has 0 unspecified atom stereocenters. The van der Waals surface area contributed by atoms with Gasteiger partial charge in [0.1, 0.15) is 0 Å². The van der Waals surface area contributed by atoms with Crippen molar-refractivity contribution in [2.75, 3.05) is 24.2 Å². The largest absolute Gasteiger partial charge is 0.490 e. The minimum absolute atomic E-state index is 0.0679. The van der Waals surface area contributed by atoms with Crippen molar-refractivity contribution in [3.63, 3.8) is 0 Å². The maximum absolute atomic E-state index is 13.6. The van der Waals surface area contributed by atoms with Gasteiger partial charge in [-0.25, -0.2) is 4.39 Å². The third-order valence-corrected chi connectivity index (χ3v) is 2.45. The summed E-state index contributed by atoms with van der Waals surface area (Å²) in [7, 11) is 0. The molecule has 0 radical (unpaired) electrons. The minimum atomic E-state index is -0.506. The van der Waals surface area contributed by atoms with Crippen molar-refractivity contribution < 1.29 is 13.9 Å². The summed E-state index contributed by atoms with van der Waals surface area (Å²) < 4.78 is 18.9. The number of rotatable bonds is 7. The van der Waals surface area contributed by atoms with Crippen molar-refractivity contribution >= 4 is 17.3 Å². The SMILES string of the molecule is CCCOc1cc(NCC(=O)NC(C)C)c(N)cc1F. The fourth-order valence-corrected chi connectivity index (χ4v) is 1.59. The molecule has 1 aromatic carbocycles. The predicted octanol–water partition coefficient (Wildman–Crippen LogP) is 2.13. The number of nitrogen functional groups attached to an aromatic ring is 1. The Morgan fingerprint density at radius 2 is 2.15 bits per heavy atom. The molecule has 6 heteroatoms. The number of hydrogen-bond donors (Lipinski definition) is 3. The Morgan fingerprint density at radius 1 is 1.45 bits per heavy atom. The highest BCUT2D eigenvalue weighted by Crippen LogP contribution is 2.28. The molecule has 0 atom stereocenters. The highest BCUT2D eigenvalue weighted by molar-refractivity contribution is 5.82. The maximum Gasteiger partial charge on any atom is 0.239 e. The second-order valence-electron chi connectivity index (χ2n) is 4.79. The van der Waals surface area contributed by atoms with Gasteiger partial charge in [-0.2, -0.15) is 0 Å². The Balaban J connectivity index is 2.71. The third kappa shape index (κ3) is 4.95. The van der Waals surface area contributed by atoms with Crippen LogP contribution in [-0.2, 0) is 4.79 Å². The quantitative estimate of drug-likeness (QED) is 0.670. The first kappa shape index (κ1) is 16.1. The van der Waals surface area contributed by atoms with Gasteiger partial charge in [-0.05, 0) is 20.3 Å². The molecular formula is C14H22FN3O2. The van der Waals surface area contributed by atoms with E-state index in [0.29, 0.717) is 12.3 Å². The summed E-state index contributed by atoms with van der Waals surface area (Å²) in [5, 5.41) is 5.62.